The molecule has 0 saturated heterocycles. The van der Waals surface area contributed by atoms with E-state index >= 15 is 0 Å². The smallest absolute Gasteiger partial charge is 0.251 e. The maximum atomic E-state index is 11.7. The van der Waals surface area contributed by atoms with Gasteiger partial charge in [0.2, 0.25) is 0 Å². The zero-order chi connectivity index (χ0) is 12.8. The van der Waals surface area contributed by atoms with Crippen LogP contribution in [0.1, 0.15) is 10.4 Å². The van der Waals surface area contributed by atoms with Crippen molar-refractivity contribution < 1.29 is 4.79 Å². The Balaban J connectivity index is 1.82. The maximum absolute atomic E-state index is 11.7. The molecule has 0 saturated carbocycles. The molecule has 0 spiro atoms. The quantitative estimate of drug-likeness (QED) is 0.680. The molecule has 0 aromatic heterocycles. The fraction of sp³-hybridized carbons (Fsp3) is 0.0714. The predicted octanol–water partition coefficient (Wildman–Crippen LogP) is 3.82. The summed E-state index contributed by atoms with van der Waals surface area (Å²) in [4.78, 5) is 12.8. The molecule has 92 valence electrons. The zero-order valence-electron chi connectivity index (χ0n) is 9.60. The minimum Gasteiger partial charge on any atom is -0.343 e. The highest BCUT2D eigenvalue weighted by atomic mass is 35.5. The van der Waals surface area contributed by atoms with Gasteiger partial charge in [0.05, 0.1) is 5.88 Å². The van der Waals surface area contributed by atoms with Gasteiger partial charge in [0.15, 0.2) is 0 Å². The number of thioether (sulfide) groups is 1. The van der Waals surface area contributed by atoms with Crippen LogP contribution in [-0.4, -0.2) is 11.8 Å². The molecule has 0 unspecified atom stereocenters. The molecule has 0 fully saturated rings. The second kappa shape index (κ2) is 6.47. The number of halogens is 1. The van der Waals surface area contributed by atoms with Gasteiger partial charge < -0.3 is 5.32 Å². The average molecular weight is 278 g/mol. The van der Waals surface area contributed by atoms with Gasteiger partial charge in [0, 0.05) is 15.5 Å². The number of hydrogen-bond donors (Lipinski definition) is 1. The molecule has 1 N–H and O–H groups in total. The fourth-order valence-electron chi connectivity index (χ4n) is 1.41. The van der Waals surface area contributed by atoms with E-state index in [1.54, 1.807) is 23.9 Å². The molecule has 0 aliphatic heterocycles. The Morgan fingerprint density at radius 1 is 1.06 bits per heavy atom. The Kier molecular flexibility index (Phi) is 4.67. The Bertz CT molecular complexity index is 513. The molecule has 0 atom stereocenters. The van der Waals surface area contributed by atoms with E-state index in [2.05, 4.69) is 5.32 Å². The van der Waals surface area contributed by atoms with Crippen LogP contribution in [0.2, 0.25) is 5.02 Å². The van der Waals surface area contributed by atoms with Gasteiger partial charge in [-0.1, -0.05) is 29.8 Å². The van der Waals surface area contributed by atoms with Crippen LogP contribution in [0.15, 0.2) is 59.5 Å². The zero-order valence-corrected chi connectivity index (χ0v) is 11.2. The van der Waals surface area contributed by atoms with Crippen molar-refractivity contribution in [2.45, 2.75) is 4.90 Å². The van der Waals surface area contributed by atoms with Gasteiger partial charge in [-0.3, -0.25) is 4.79 Å². The van der Waals surface area contributed by atoms with E-state index in [0.29, 0.717) is 16.5 Å². The molecule has 2 aromatic carbocycles. The summed E-state index contributed by atoms with van der Waals surface area (Å²) in [5, 5.41) is 3.57. The maximum Gasteiger partial charge on any atom is 0.251 e. The van der Waals surface area contributed by atoms with E-state index in [0.717, 1.165) is 4.90 Å². The van der Waals surface area contributed by atoms with Crippen molar-refractivity contribution in [3.05, 3.63) is 65.2 Å². The number of rotatable bonds is 4. The Hall–Kier alpha value is -1.45. The Morgan fingerprint density at radius 3 is 2.39 bits per heavy atom. The highest BCUT2D eigenvalue weighted by Crippen LogP contribution is 2.19. The van der Waals surface area contributed by atoms with Gasteiger partial charge in [-0.25, -0.2) is 0 Å². The van der Waals surface area contributed by atoms with Crippen LogP contribution in [0.25, 0.3) is 0 Å². The van der Waals surface area contributed by atoms with Gasteiger partial charge in [0.25, 0.3) is 5.91 Å². The van der Waals surface area contributed by atoms with Crippen LogP contribution in [0.5, 0.6) is 0 Å². The first kappa shape index (κ1) is 13.0. The molecule has 0 radical (unpaired) electrons. The molecule has 0 aliphatic rings. The second-order valence-electron chi connectivity index (χ2n) is 3.61. The van der Waals surface area contributed by atoms with Crippen molar-refractivity contribution in [3.63, 3.8) is 0 Å². The van der Waals surface area contributed by atoms with Gasteiger partial charge in [-0.05, 0) is 36.4 Å². The third-order valence-corrected chi connectivity index (χ3v) is 3.47. The number of amides is 1. The van der Waals surface area contributed by atoms with E-state index in [-0.39, 0.29) is 5.91 Å². The minimum atomic E-state index is -0.0583. The van der Waals surface area contributed by atoms with Crippen LogP contribution in [0, 0.1) is 0 Å². The summed E-state index contributed by atoms with van der Waals surface area (Å²) in [5.41, 5.74) is 0.675. The molecule has 0 heterocycles. The Labute approximate surface area is 115 Å². The van der Waals surface area contributed by atoms with Gasteiger partial charge >= 0.3 is 0 Å². The van der Waals surface area contributed by atoms with Crippen molar-refractivity contribution in [1.82, 2.24) is 5.32 Å². The standard InChI is InChI=1S/C14H12ClNOS/c15-12-6-8-13(9-7-12)18-10-16-14(17)11-4-2-1-3-5-11/h1-9H,10H2,(H,16,17). The van der Waals surface area contributed by atoms with Crippen LogP contribution >= 0.6 is 23.4 Å². The van der Waals surface area contributed by atoms with Crippen molar-refractivity contribution in [2.24, 2.45) is 0 Å². The summed E-state index contributed by atoms with van der Waals surface area (Å²) in [5.74, 6) is 0.479. The van der Waals surface area contributed by atoms with E-state index < -0.39 is 0 Å². The molecule has 2 aromatic rings. The van der Waals surface area contributed by atoms with Gasteiger partial charge in [-0.2, -0.15) is 0 Å². The lowest BCUT2D eigenvalue weighted by Gasteiger charge is -2.05. The molecule has 2 nitrogen and oxygen atoms in total. The van der Waals surface area contributed by atoms with Crippen LogP contribution in [0.4, 0.5) is 0 Å². The lowest BCUT2D eigenvalue weighted by Crippen LogP contribution is -2.22. The largest absolute Gasteiger partial charge is 0.343 e. The lowest BCUT2D eigenvalue weighted by atomic mass is 10.2. The summed E-state index contributed by atoms with van der Waals surface area (Å²) in [6, 6.07) is 16.7. The first-order valence-electron chi connectivity index (χ1n) is 5.47. The number of benzene rings is 2. The summed E-state index contributed by atoms with van der Waals surface area (Å²) >= 11 is 7.36. The summed E-state index contributed by atoms with van der Waals surface area (Å²) < 4.78 is 0. The SMILES string of the molecule is O=C(NCSc1ccc(Cl)cc1)c1ccccc1. The molecular formula is C14H12ClNOS. The highest BCUT2D eigenvalue weighted by Gasteiger charge is 2.03. The summed E-state index contributed by atoms with van der Waals surface area (Å²) in [6.45, 7) is 0. The van der Waals surface area contributed by atoms with Gasteiger partial charge in [-0.15, -0.1) is 11.8 Å². The average Bonchev–Trinajstić information content (AvgIpc) is 2.42. The van der Waals surface area contributed by atoms with Crippen LogP contribution in [0.3, 0.4) is 0 Å². The van der Waals surface area contributed by atoms with Crippen molar-refractivity contribution in [2.75, 3.05) is 5.88 Å². The highest BCUT2D eigenvalue weighted by molar-refractivity contribution is 7.99. The first-order valence-corrected chi connectivity index (χ1v) is 6.84. The molecule has 1 amide bonds. The van der Waals surface area contributed by atoms with Crippen LogP contribution in [-0.2, 0) is 0 Å². The Morgan fingerprint density at radius 2 is 1.72 bits per heavy atom. The summed E-state index contributed by atoms with van der Waals surface area (Å²) in [7, 11) is 0. The van der Waals surface area contributed by atoms with Crippen molar-refractivity contribution >= 4 is 29.3 Å². The lowest BCUT2D eigenvalue weighted by molar-refractivity contribution is 0.0961. The number of hydrogen-bond acceptors (Lipinski definition) is 2. The predicted molar refractivity (Wildman–Crippen MR) is 76.1 cm³/mol. The van der Waals surface area contributed by atoms with E-state index in [4.69, 9.17) is 11.6 Å². The monoisotopic (exact) mass is 277 g/mol. The third-order valence-electron chi connectivity index (χ3n) is 2.32. The third kappa shape index (κ3) is 3.79. The van der Waals surface area contributed by atoms with Crippen molar-refractivity contribution in [1.29, 1.82) is 0 Å². The van der Waals surface area contributed by atoms with E-state index in [1.165, 1.54) is 0 Å². The first-order chi connectivity index (χ1) is 8.75. The number of carbonyl (C=O) groups excluding carboxylic acids is 1. The van der Waals surface area contributed by atoms with Crippen molar-refractivity contribution in [3.8, 4) is 0 Å². The van der Waals surface area contributed by atoms with Crippen LogP contribution < -0.4 is 5.32 Å². The molecule has 2 rings (SSSR count). The molecular weight excluding hydrogens is 266 g/mol. The number of carbonyl (C=O) groups is 1. The molecule has 0 aliphatic carbocycles. The van der Waals surface area contributed by atoms with E-state index in [9.17, 15) is 4.79 Å². The normalized spacial score (nSPS) is 10.1. The number of nitrogens with one attached hydrogen (secondary N) is 1. The molecule has 4 heteroatoms. The topological polar surface area (TPSA) is 29.1 Å². The fourth-order valence-corrected chi connectivity index (χ4v) is 2.23. The molecule has 0 bridgehead atoms. The molecule has 18 heavy (non-hydrogen) atoms. The van der Waals surface area contributed by atoms with Gasteiger partial charge in [0.1, 0.15) is 0 Å². The van der Waals surface area contributed by atoms with E-state index in [1.807, 2.05) is 42.5 Å². The second-order valence-corrected chi connectivity index (χ2v) is 5.10. The summed E-state index contributed by atoms with van der Waals surface area (Å²) in [6.07, 6.45) is 0. The minimum absolute atomic E-state index is 0.0583.